The Morgan fingerprint density at radius 3 is 2.32 bits per heavy atom. The van der Waals surface area contributed by atoms with Crippen molar-refractivity contribution in [1.82, 2.24) is 9.47 Å². The Morgan fingerprint density at radius 2 is 1.66 bits per heavy atom. The van der Waals surface area contributed by atoms with Crippen molar-refractivity contribution in [2.75, 3.05) is 44.7 Å². The molecule has 2 aliphatic heterocycles. The summed E-state index contributed by atoms with van der Waals surface area (Å²) in [6.07, 6.45) is 2.41. The largest absolute Gasteiger partial charge is 0.487 e. The van der Waals surface area contributed by atoms with E-state index in [1.807, 2.05) is 18.9 Å². The summed E-state index contributed by atoms with van der Waals surface area (Å²) in [7, 11) is 1.98. The third-order valence-corrected chi connectivity index (χ3v) is 6.76. The minimum Gasteiger partial charge on any atom is -0.487 e. The first-order valence-electron chi connectivity index (χ1n) is 11.7. The minimum atomic E-state index is -2.29. The van der Waals surface area contributed by atoms with Crippen molar-refractivity contribution in [3.63, 3.8) is 0 Å². The number of likely N-dealkylation sites (N-methyl/N-ethyl adjacent to an activating group) is 1. The molecule has 1 aromatic heterocycles. The fourth-order valence-corrected chi connectivity index (χ4v) is 4.62. The van der Waals surface area contributed by atoms with Crippen molar-refractivity contribution in [3.8, 4) is 5.75 Å². The smallest absolute Gasteiger partial charge is 0.200 e. The van der Waals surface area contributed by atoms with Gasteiger partial charge in [-0.1, -0.05) is 5.16 Å². The van der Waals surface area contributed by atoms with E-state index in [0.717, 1.165) is 25.4 Å². The van der Waals surface area contributed by atoms with Gasteiger partial charge < -0.3 is 23.9 Å². The van der Waals surface area contributed by atoms with Crippen LogP contribution < -0.4 is 15.1 Å². The standard InChI is InChI=1S/C25H22F6N4O3/c1-12-10-37-25-22-14(7-16(26)23(25)34-5-3-33(2)4-6-34)24(36)13(9-35(12)22)8-32-38-11-15-17(27)19(29)21(31)20(30)18(15)28/h7-9,12H,3-6,10-11H2,1-2H3/b32-8+/t12-/m0/s1. The first kappa shape index (κ1) is 25.9. The van der Waals surface area contributed by atoms with Crippen LogP contribution in [0.4, 0.5) is 32.0 Å². The van der Waals surface area contributed by atoms with E-state index in [2.05, 4.69) is 10.1 Å². The van der Waals surface area contributed by atoms with E-state index < -0.39 is 52.5 Å². The van der Waals surface area contributed by atoms with Crippen LogP contribution in [0, 0.1) is 34.9 Å². The number of pyridine rings is 1. The van der Waals surface area contributed by atoms with Crippen LogP contribution in [0.2, 0.25) is 0 Å². The molecule has 0 unspecified atom stereocenters. The molecule has 13 heteroatoms. The number of rotatable bonds is 5. The molecule has 0 aliphatic carbocycles. The molecule has 0 bridgehead atoms. The molecule has 0 radical (unpaired) electrons. The van der Waals surface area contributed by atoms with Gasteiger partial charge in [-0.25, -0.2) is 26.3 Å². The van der Waals surface area contributed by atoms with Gasteiger partial charge in [0.1, 0.15) is 18.9 Å². The van der Waals surface area contributed by atoms with Crippen molar-refractivity contribution in [3.05, 3.63) is 68.5 Å². The molecule has 0 spiro atoms. The van der Waals surface area contributed by atoms with Crippen LogP contribution in [-0.4, -0.2) is 55.5 Å². The lowest BCUT2D eigenvalue weighted by atomic mass is 10.1. The molecule has 3 heterocycles. The summed E-state index contributed by atoms with van der Waals surface area (Å²) in [6, 6.07) is 0.901. The summed E-state index contributed by atoms with van der Waals surface area (Å²) in [5, 5.41) is 3.51. The number of anilines is 1. The van der Waals surface area contributed by atoms with E-state index in [0.29, 0.717) is 24.3 Å². The second kappa shape index (κ2) is 9.86. The Morgan fingerprint density at radius 1 is 1.03 bits per heavy atom. The van der Waals surface area contributed by atoms with Gasteiger partial charge in [0.05, 0.1) is 34.3 Å². The molecule has 202 valence electrons. The van der Waals surface area contributed by atoms with E-state index in [-0.39, 0.29) is 29.3 Å². The highest BCUT2D eigenvalue weighted by molar-refractivity contribution is 5.95. The fraction of sp³-hybridized carbons (Fsp3) is 0.360. The number of nitrogens with zero attached hydrogens (tertiary/aromatic N) is 4. The number of oxime groups is 1. The van der Waals surface area contributed by atoms with E-state index in [1.54, 1.807) is 4.57 Å². The highest BCUT2D eigenvalue weighted by atomic mass is 19.2. The van der Waals surface area contributed by atoms with Crippen LogP contribution in [0.3, 0.4) is 0 Å². The van der Waals surface area contributed by atoms with E-state index in [1.165, 1.54) is 6.20 Å². The van der Waals surface area contributed by atoms with Gasteiger partial charge in [0.25, 0.3) is 0 Å². The van der Waals surface area contributed by atoms with Crippen molar-refractivity contribution in [2.45, 2.75) is 19.6 Å². The summed E-state index contributed by atoms with van der Waals surface area (Å²) in [5.41, 5.74) is -1.15. The molecule has 0 amide bonds. The van der Waals surface area contributed by atoms with Crippen LogP contribution in [0.25, 0.3) is 10.9 Å². The van der Waals surface area contributed by atoms with Crippen molar-refractivity contribution in [1.29, 1.82) is 0 Å². The summed E-state index contributed by atoms with van der Waals surface area (Å²) in [4.78, 5) is 22.0. The molecule has 5 rings (SSSR count). The van der Waals surface area contributed by atoms with Crippen LogP contribution >= 0.6 is 0 Å². The SMILES string of the molecule is C[C@H]1COc2c(N3CCN(C)CC3)c(F)cc3c(=O)c(/C=N/OCc4c(F)c(F)c(F)c(F)c4F)cn1c23. The molecule has 7 nitrogen and oxygen atoms in total. The Bertz CT molecular complexity index is 1490. The van der Waals surface area contributed by atoms with Crippen molar-refractivity contribution >= 4 is 22.8 Å². The highest BCUT2D eigenvalue weighted by Gasteiger charge is 2.30. The molecule has 0 saturated carbocycles. The molecule has 1 atom stereocenters. The number of ether oxygens (including phenoxy) is 1. The lowest BCUT2D eigenvalue weighted by Crippen LogP contribution is -2.45. The predicted octanol–water partition coefficient (Wildman–Crippen LogP) is 4.09. The van der Waals surface area contributed by atoms with E-state index >= 15 is 4.39 Å². The maximum Gasteiger partial charge on any atom is 0.200 e. The van der Waals surface area contributed by atoms with Gasteiger partial charge in [0.15, 0.2) is 40.3 Å². The second-order valence-electron chi connectivity index (χ2n) is 9.26. The summed E-state index contributed by atoms with van der Waals surface area (Å²) >= 11 is 0. The summed E-state index contributed by atoms with van der Waals surface area (Å²) in [5.74, 6) is -10.9. The second-order valence-corrected chi connectivity index (χ2v) is 9.26. The molecular weight excluding hydrogens is 518 g/mol. The summed E-state index contributed by atoms with van der Waals surface area (Å²) < 4.78 is 90.7. The van der Waals surface area contributed by atoms with Gasteiger partial charge in [-0.3, -0.25) is 4.79 Å². The zero-order chi connectivity index (χ0) is 27.3. The van der Waals surface area contributed by atoms with Crippen LogP contribution in [0.5, 0.6) is 5.75 Å². The molecular formula is C25H22F6N4O3. The van der Waals surface area contributed by atoms with Crippen LogP contribution in [-0.2, 0) is 11.4 Å². The van der Waals surface area contributed by atoms with E-state index in [9.17, 15) is 26.7 Å². The average Bonchev–Trinajstić information content (AvgIpc) is 2.90. The Labute approximate surface area is 212 Å². The number of aromatic nitrogens is 1. The average molecular weight is 540 g/mol. The molecule has 0 N–H and O–H groups in total. The van der Waals surface area contributed by atoms with Crippen LogP contribution in [0.1, 0.15) is 24.1 Å². The molecule has 1 fully saturated rings. The predicted molar refractivity (Wildman–Crippen MR) is 127 cm³/mol. The quantitative estimate of drug-likeness (QED) is 0.161. The number of halogens is 6. The third kappa shape index (κ3) is 4.24. The first-order valence-corrected chi connectivity index (χ1v) is 11.7. The number of benzene rings is 2. The van der Waals surface area contributed by atoms with Gasteiger partial charge >= 0.3 is 0 Å². The molecule has 1 saturated heterocycles. The Hall–Kier alpha value is -3.74. The summed E-state index contributed by atoms with van der Waals surface area (Å²) in [6.45, 7) is 3.61. The van der Waals surface area contributed by atoms with Crippen molar-refractivity contribution in [2.24, 2.45) is 5.16 Å². The Balaban J connectivity index is 1.49. The zero-order valence-electron chi connectivity index (χ0n) is 20.3. The number of hydrogen-bond acceptors (Lipinski definition) is 6. The molecule has 38 heavy (non-hydrogen) atoms. The van der Waals surface area contributed by atoms with Crippen molar-refractivity contribution < 1.29 is 35.9 Å². The van der Waals surface area contributed by atoms with Gasteiger partial charge in [-0.2, -0.15) is 0 Å². The minimum absolute atomic E-state index is 0.0330. The monoisotopic (exact) mass is 540 g/mol. The van der Waals surface area contributed by atoms with Gasteiger partial charge in [0, 0.05) is 32.4 Å². The van der Waals surface area contributed by atoms with Gasteiger partial charge in [-0.05, 0) is 20.0 Å². The van der Waals surface area contributed by atoms with E-state index in [4.69, 9.17) is 9.57 Å². The molecule has 2 aliphatic rings. The highest BCUT2D eigenvalue weighted by Crippen LogP contribution is 2.42. The maximum atomic E-state index is 15.4. The third-order valence-electron chi connectivity index (χ3n) is 6.76. The normalized spacial score (nSPS) is 17.9. The fourth-order valence-electron chi connectivity index (χ4n) is 4.62. The number of piperazine rings is 1. The molecule has 2 aromatic carbocycles. The molecule has 3 aromatic rings. The maximum absolute atomic E-state index is 15.4. The lowest BCUT2D eigenvalue weighted by Gasteiger charge is -2.37. The zero-order valence-corrected chi connectivity index (χ0v) is 20.3. The lowest BCUT2D eigenvalue weighted by molar-refractivity contribution is 0.124. The topological polar surface area (TPSA) is 59.3 Å². The Kier molecular flexibility index (Phi) is 6.72. The first-order chi connectivity index (χ1) is 18.1. The van der Waals surface area contributed by atoms with Gasteiger partial charge in [-0.15, -0.1) is 0 Å². The number of hydrogen-bond donors (Lipinski definition) is 0. The van der Waals surface area contributed by atoms with Gasteiger partial charge in [0.2, 0.25) is 5.82 Å². The van der Waals surface area contributed by atoms with Crippen LogP contribution in [0.15, 0.2) is 22.2 Å².